The first-order valence-electron chi connectivity index (χ1n) is 11.7. The van der Waals surface area contributed by atoms with E-state index in [1.165, 1.54) is 41.1 Å². The second-order valence-corrected chi connectivity index (χ2v) is 8.26. The highest BCUT2D eigenvalue weighted by molar-refractivity contribution is 5.93. The second-order valence-electron chi connectivity index (χ2n) is 8.26. The predicted octanol–water partition coefficient (Wildman–Crippen LogP) is 5.22. The number of benzene rings is 2. The molecule has 0 saturated heterocycles. The van der Waals surface area contributed by atoms with E-state index in [4.69, 9.17) is 4.74 Å². The molecule has 2 aromatic heterocycles. The molecule has 1 amide bonds. The second kappa shape index (κ2) is 11.5. The maximum atomic E-state index is 14.8. The molecule has 4 rings (SSSR count). The van der Waals surface area contributed by atoms with E-state index in [1.54, 1.807) is 43.3 Å². The molecule has 37 heavy (non-hydrogen) atoms. The average molecular weight is 506 g/mol. The monoisotopic (exact) mass is 505 g/mol. The van der Waals surface area contributed by atoms with Gasteiger partial charge >= 0.3 is 5.97 Å². The minimum Gasteiger partial charge on any atom is -0.494 e. The molecule has 7 nitrogen and oxygen atoms in total. The molecule has 0 saturated carbocycles. The van der Waals surface area contributed by atoms with Crippen LogP contribution in [0.2, 0.25) is 0 Å². The van der Waals surface area contributed by atoms with Crippen molar-refractivity contribution < 1.29 is 28.2 Å². The summed E-state index contributed by atoms with van der Waals surface area (Å²) in [5, 5.41) is 14.1. The summed E-state index contributed by atoms with van der Waals surface area (Å²) in [6.45, 7) is 2.18. The van der Waals surface area contributed by atoms with E-state index in [2.05, 4.69) is 10.3 Å². The third-order valence-electron chi connectivity index (χ3n) is 5.72. The molecule has 0 atom stereocenters. The molecule has 0 aliphatic heterocycles. The number of amides is 1. The zero-order valence-corrected chi connectivity index (χ0v) is 20.1. The predicted molar refractivity (Wildman–Crippen MR) is 136 cm³/mol. The van der Waals surface area contributed by atoms with Crippen molar-refractivity contribution in [1.82, 2.24) is 9.55 Å². The van der Waals surface area contributed by atoms with Crippen molar-refractivity contribution in [3.8, 4) is 5.88 Å². The fourth-order valence-corrected chi connectivity index (χ4v) is 3.98. The van der Waals surface area contributed by atoms with E-state index in [1.807, 2.05) is 0 Å². The van der Waals surface area contributed by atoms with Crippen molar-refractivity contribution >= 4 is 34.5 Å². The Balaban J connectivity index is 1.48. The maximum Gasteiger partial charge on any atom is 0.330 e. The van der Waals surface area contributed by atoms with Gasteiger partial charge in [0.05, 0.1) is 13.2 Å². The van der Waals surface area contributed by atoms with E-state index in [-0.39, 0.29) is 49.0 Å². The third kappa shape index (κ3) is 6.19. The zero-order chi connectivity index (χ0) is 26.4. The van der Waals surface area contributed by atoms with E-state index in [0.717, 1.165) is 0 Å². The molecule has 4 aromatic rings. The number of fused-ring (bicyclic) bond motifs is 1. The minimum absolute atomic E-state index is 0.00248. The average Bonchev–Trinajstić information content (AvgIpc) is 3.15. The number of aryl methyl sites for hydroxylation is 1. The number of halogens is 2. The first kappa shape index (κ1) is 25.6. The first-order valence-corrected chi connectivity index (χ1v) is 11.7. The number of nitrogens with zero attached hydrogens (tertiary/aromatic N) is 2. The molecule has 0 aliphatic carbocycles. The number of carbonyl (C=O) groups is 2. The molecule has 0 bridgehead atoms. The summed E-state index contributed by atoms with van der Waals surface area (Å²) in [6.07, 6.45) is 4.49. The van der Waals surface area contributed by atoms with Crippen LogP contribution in [0.1, 0.15) is 30.2 Å². The number of aromatic nitrogens is 2. The van der Waals surface area contributed by atoms with Crippen LogP contribution in [0.25, 0.3) is 16.8 Å². The van der Waals surface area contributed by atoms with E-state index in [0.29, 0.717) is 28.0 Å². The lowest BCUT2D eigenvalue weighted by molar-refractivity contribution is -0.137. The Kier molecular flexibility index (Phi) is 7.92. The molecule has 0 unspecified atom stereocenters. The Hall–Kier alpha value is -4.53. The fourth-order valence-electron chi connectivity index (χ4n) is 3.98. The summed E-state index contributed by atoms with van der Waals surface area (Å²) in [4.78, 5) is 28.3. The molecular weight excluding hydrogens is 480 g/mol. The van der Waals surface area contributed by atoms with Gasteiger partial charge in [0.15, 0.2) is 5.88 Å². The van der Waals surface area contributed by atoms with Crippen LogP contribution in [0.15, 0.2) is 66.9 Å². The number of rotatable bonds is 9. The van der Waals surface area contributed by atoms with Gasteiger partial charge in [-0.2, -0.15) is 0 Å². The van der Waals surface area contributed by atoms with Gasteiger partial charge in [-0.05, 0) is 66.9 Å². The number of ether oxygens (including phenoxy) is 1. The largest absolute Gasteiger partial charge is 0.494 e. The van der Waals surface area contributed by atoms with Crippen LogP contribution in [0.4, 0.5) is 14.6 Å². The van der Waals surface area contributed by atoms with Gasteiger partial charge in [-0.15, -0.1) is 0 Å². The van der Waals surface area contributed by atoms with Crippen LogP contribution in [0.5, 0.6) is 5.88 Å². The molecule has 9 heteroatoms. The number of aromatic hydroxyl groups is 1. The van der Waals surface area contributed by atoms with Crippen molar-refractivity contribution in [2.75, 3.05) is 11.9 Å². The van der Waals surface area contributed by atoms with Crippen LogP contribution >= 0.6 is 0 Å². The zero-order valence-electron chi connectivity index (χ0n) is 20.1. The summed E-state index contributed by atoms with van der Waals surface area (Å²) in [6, 6.07) is 13.5. The summed E-state index contributed by atoms with van der Waals surface area (Å²) in [5.41, 5.74) is 1.82. The molecule has 2 N–H and O–H groups in total. The van der Waals surface area contributed by atoms with Gasteiger partial charge < -0.3 is 19.7 Å². The molecule has 0 aliphatic rings. The van der Waals surface area contributed by atoms with Crippen LogP contribution in [0, 0.1) is 11.6 Å². The number of nitrogens with one attached hydrogen (secondary N) is 1. The number of carbonyl (C=O) groups excluding carboxylic acids is 2. The number of anilines is 1. The SMILES string of the molecule is CCOC(=O)C=Cc1ccc(NC(=O)CCc2c3c(F)cccc3c(O)n2Cc2ccc(F)cc2)nc1. The summed E-state index contributed by atoms with van der Waals surface area (Å²) >= 11 is 0. The van der Waals surface area contributed by atoms with Gasteiger partial charge in [0.25, 0.3) is 0 Å². The molecule has 2 aromatic carbocycles. The first-order chi connectivity index (χ1) is 17.9. The highest BCUT2D eigenvalue weighted by Gasteiger charge is 2.20. The van der Waals surface area contributed by atoms with Crippen molar-refractivity contribution in [3.63, 3.8) is 0 Å². The van der Waals surface area contributed by atoms with Crippen LogP contribution in [-0.4, -0.2) is 33.1 Å². The Morgan fingerprint density at radius 2 is 1.89 bits per heavy atom. The summed E-state index contributed by atoms with van der Waals surface area (Å²) < 4.78 is 34.5. The Morgan fingerprint density at radius 3 is 2.59 bits per heavy atom. The highest BCUT2D eigenvalue weighted by atomic mass is 19.1. The van der Waals surface area contributed by atoms with Gasteiger partial charge in [0, 0.05) is 35.2 Å². The lowest BCUT2D eigenvalue weighted by atomic mass is 10.1. The van der Waals surface area contributed by atoms with Crippen LogP contribution < -0.4 is 5.32 Å². The standard InChI is InChI=1S/C28H25F2N3O4/c1-2-37-26(35)15-9-18-8-13-24(31-16-18)32-25(34)14-12-23-27-21(4-3-5-22(27)30)28(36)33(23)17-19-6-10-20(29)11-7-19/h3-11,13,15-16,36H,2,12,14,17H2,1H3,(H,31,32,34). The smallest absolute Gasteiger partial charge is 0.330 e. The maximum absolute atomic E-state index is 14.8. The highest BCUT2D eigenvalue weighted by Crippen LogP contribution is 2.34. The molecule has 0 spiro atoms. The van der Waals surface area contributed by atoms with Crippen molar-refractivity contribution in [2.24, 2.45) is 0 Å². The molecule has 0 radical (unpaired) electrons. The molecular formula is C28H25F2N3O4. The van der Waals surface area contributed by atoms with Gasteiger partial charge in [0.2, 0.25) is 5.91 Å². The lowest BCUT2D eigenvalue weighted by Crippen LogP contribution is -2.15. The Morgan fingerprint density at radius 1 is 1.11 bits per heavy atom. The van der Waals surface area contributed by atoms with Crippen molar-refractivity contribution in [1.29, 1.82) is 0 Å². The Labute approximate surface area is 212 Å². The van der Waals surface area contributed by atoms with E-state index < -0.39 is 11.8 Å². The van der Waals surface area contributed by atoms with Crippen LogP contribution in [0.3, 0.4) is 0 Å². The van der Waals surface area contributed by atoms with Crippen molar-refractivity contribution in [3.05, 3.63) is 95.3 Å². The van der Waals surface area contributed by atoms with Gasteiger partial charge in [-0.3, -0.25) is 4.79 Å². The minimum atomic E-state index is -0.505. The van der Waals surface area contributed by atoms with Crippen LogP contribution in [-0.2, 0) is 27.3 Å². The van der Waals surface area contributed by atoms with Gasteiger partial charge in [0.1, 0.15) is 17.5 Å². The normalized spacial score (nSPS) is 11.2. The number of hydrogen-bond acceptors (Lipinski definition) is 5. The quantitative estimate of drug-likeness (QED) is 0.240. The van der Waals surface area contributed by atoms with E-state index >= 15 is 0 Å². The molecule has 0 fully saturated rings. The lowest BCUT2D eigenvalue weighted by Gasteiger charge is -2.12. The number of pyridine rings is 1. The third-order valence-corrected chi connectivity index (χ3v) is 5.72. The van der Waals surface area contributed by atoms with Gasteiger partial charge in [-0.25, -0.2) is 18.6 Å². The topological polar surface area (TPSA) is 93.5 Å². The Bertz CT molecular complexity index is 1450. The van der Waals surface area contributed by atoms with E-state index in [9.17, 15) is 23.5 Å². The molecule has 190 valence electrons. The van der Waals surface area contributed by atoms with Gasteiger partial charge in [-0.1, -0.05) is 18.2 Å². The molecule has 2 heterocycles. The number of esters is 1. The fraction of sp³-hybridized carbons (Fsp3) is 0.179. The number of hydrogen-bond donors (Lipinski definition) is 2. The summed E-state index contributed by atoms with van der Waals surface area (Å²) in [7, 11) is 0. The summed E-state index contributed by atoms with van der Waals surface area (Å²) in [5.74, 6) is -1.50. The van der Waals surface area contributed by atoms with Crippen molar-refractivity contribution in [2.45, 2.75) is 26.3 Å².